The minimum absolute atomic E-state index is 0.109. The second kappa shape index (κ2) is 9.39. The second-order valence-corrected chi connectivity index (χ2v) is 7.00. The van der Waals surface area contributed by atoms with Gasteiger partial charge < -0.3 is 15.0 Å². The van der Waals surface area contributed by atoms with Crippen LogP contribution < -0.4 is 10.1 Å². The van der Waals surface area contributed by atoms with E-state index in [2.05, 4.69) is 40.5 Å². The zero-order chi connectivity index (χ0) is 18.2. The summed E-state index contributed by atoms with van der Waals surface area (Å²) >= 11 is 0. The molecular weight excluding hydrogens is 324 g/mol. The van der Waals surface area contributed by atoms with Crippen molar-refractivity contribution in [3.8, 4) is 5.75 Å². The van der Waals surface area contributed by atoms with Crippen molar-refractivity contribution in [2.24, 2.45) is 5.92 Å². The van der Waals surface area contributed by atoms with Gasteiger partial charge in [-0.25, -0.2) is 0 Å². The van der Waals surface area contributed by atoms with E-state index in [-0.39, 0.29) is 5.91 Å². The third-order valence-corrected chi connectivity index (χ3v) is 5.11. The van der Waals surface area contributed by atoms with Gasteiger partial charge in [0.05, 0.1) is 7.11 Å². The topological polar surface area (TPSA) is 41.6 Å². The highest BCUT2D eigenvalue weighted by Gasteiger charge is 2.21. The number of hydrogen-bond acceptors (Lipinski definition) is 3. The van der Waals surface area contributed by atoms with E-state index < -0.39 is 0 Å². The van der Waals surface area contributed by atoms with Crippen molar-refractivity contribution in [2.45, 2.75) is 25.7 Å². The van der Waals surface area contributed by atoms with Crippen LogP contribution in [-0.2, 0) is 11.2 Å². The number of methoxy groups -OCH3 is 1. The number of carbonyl (C=O) groups excluding carboxylic acids is 1. The maximum Gasteiger partial charge on any atom is 0.224 e. The highest BCUT2D eigenvalue weighted by Crippen LogP contribution is 2.22. The summed E-state index contributed by atoms with van der Waals surface area (Å²) in [6.07, 6.45) is 3.91. The summed E-state index contributed by atoms with van der Waals surface area (Å²) < 4.78 is 5.14. The Hall–Kier alpha value is -2.33. The van der Waals surface area contributed by atoms with E-state index in [0.717, 1.165) is 50.3 Å². The van der Waals surface area contributed by atoms with Crippen LogP contribution in [0.4, 0.5) is 5.69 Å². The van der Waals surface area contributed by atoms with Gasteiger partial charge in [-0.1, -0.05) is 30.3 Å². The number of piperidine rings is 1. The van der Waals surface area contributed by atoms with Gasteiger partial charge in [-0.05, 0) is 68.1 Å². The predicted molar refractivity (Wildman–Crippen MR) is 106 cm³/mol. The molecule has 26 heavy (non-hydrogen) atoms. The fourth-order valence-corrected chi connectivity index (χ4v) is 3.49. The molecule has 1 saturated heterocycles. The first kappa shape index (κ1) is 18.5. The van der Waals surface area contributed by atoms with Crippen LogP contribution in [0.2, 0.25) is 0 Å². The summed E-state index contributed by atoms with van der Waals surface area (Å²) in [6, 6.07) is 18.1. The highest BCUT2D eigenvalue weighted by molar-refractivity contribution is 5.90. The Morgan fingerprint density at radius 3 is 2.42 bits per heavy atom. The average molecular weight is 352 g/mol. The SMILES string of the molecule is COc1ccc(NC(=O)CC2CCN(CCc3ccccc3)CC2)cc1. The molecule has 1 aliphatic heterocycles. The number of rotatable bonds is 7. The molecule has 0 aliphatic carbocycles. The molecule has 1 amide bonds. The van der Waals surface area contributed by atoms with Gasteiger partial charge in [0.2, 0.25) is 5.91 Å². The molecule has 1 aliphatic rings. The zero-order valence-electron chi connectivity index (χ0n) is 15.5. The van der Waals surface area contributed by atoms with Crippen LogP contribution in [0.25, 0.3) is 0 Å². The summed E-state index contributed by atoms with van der Waals surface area (Å²) in [6.45, 7) is 3.29. The van der Waals surface area contributed by atoms with E-state index in [9.17, 15) is 4.79 Å². The lowest BCUT2D eigenvalue weighted by molar-refractivity contribution is -0.117. The standard InChI is InChI=1S/C22H28N2O2/c1-26-21-9-7-20(8-10-21)23-22(25)17-19-12-15-24(16-13-19)14-11-18-5-3-2-4-6-18/h2-10,19H,11-17H2,1H3,(H,23,25). The lowest BCUT2D eigenvalue weighted by Gasteiger charge is -2.31. The molecule has 2 aromatic carbocycles. The Labute approximate surface area is 156 Å². The van der Waals surface area contributed by atoms with Gasteiger partial charge in [0.1, 0.15) is 5.75 Å². The molecule has 4 nitrogen and oxygen atoms in total. The van der Waals surface area contributed by atoms with Crippen LogP contribution in [-0.4, -0.2) is 37.6 Å². The zero-order valence-corrected chi connectivity index (χ0v) is 15.5. The molecule has 3 rings (SSSR count). The number of nitrogens with one attached hydrogen (secondary N) is 1. The highest BCUT2D eigenvalue weighted by atomic mass is 16.5. The summed E-state index contributed by atoms with van der Waals surface area (Å²) in [7, 11) is 1.64. The summed E-state index contributed by atoms with van der Waals surface area (Å²) in [5, 5.41) is 2.99. The van der Waals surface area contributed by atoms with Gasteiger partial charge in [0.25, 0.3) is 0 Å². The largest absolute Gasteiger partial charge is 0.497 e. The minimum Gasteiger partial charge on any atom is -0.497 e. The minimum atomic E-state index is 0.109. The summed E-state index contributed by atoms with van der Waals surface area (Å²) in [4.78, 5) is 14.8. The normalized spacial score (nSPS) is 15.6. The van der Waals surface area contributed by atoms with Crippen molar-refractivity contribution in [3.63, 3.8) is 0 Å². The average Bonchev–Trinajstić information content (AvgIpc) is 2.69. The number of likely N-dealkylation sites (tertiary alicyclic amines) is 1. The second-order valence-electron chi connectivity index (χ2n) is 7.00. The van der Waals surface area contributed by atoms with Crippen molar-refractivity contribution >= 4 is 11.6 Å². The van der Waals surface area contributed by atoms with E-state index in [1.165, 1.54) is 5.56 Å². The Morgan fingerprint density at radius 1 is 1.08 bits per heavy atom. The van der Waals surface area contributed by atoms with E-state index in [0.29, 0.717) is 12.3 Å². The Morgan fingerprint density at radius 2 is 1.77 bits per heavy atom. The first-order valence-electron chi connectivity index (χ1n) is 9.43. The molecule has 1 fully saturated rings. The lowest BCUT2D eigenvalue weighted by atomic mass is 9.93. The van der Waals surface area contributed by atoms with E-state index >= 15 is 0 Å². The number of benzene rings is 2. The van der Waals surface area contributed by atoms with Gasteiger partial charge >= 0.3 is 0 Å². The molecule has 0 bridgehead atoms. The first-order valence-corrected chi connectivity index (χ1v) is 9.43. The molecule has 0 radical (unpaired) electrons. The maximum atomic E-state index is 12.3. The Bertz CT molecular complexity index is 677. The monoisotopic (exact) mass is 352 g/mol. The molecule has 1 N–H and O–H groups in total. The molecule has 1 heterocycles. The van der Waals surface area contributed by atoms with Crippen molar-refractivity contribution < 1.29 is 9.53 Å². The number of hydrogen-bond donors (Lipinski definition) is 1. The number of amides is 1. The molecular formula is C22H28N2O2. The molecule has 0 atom stereocenters. The molecule has 138 valence electrons. The number of ether oxygens (including phenoxy) is 1. The van der Waals surface area contributed by atoms with Gasteiger partial charge in [0.15, 0.2) is 0 Å². The number of carbonyl (C=O) groups is 1. The quantitative estimate of drug-likeness (QED) is 0.819. The lowest BCUT2D eigenvalue weighted by Crippen LogP contribution is -2.36. The fraction of sp³-hybridized carbons (Fsp3) is 0.409. The van der Waals surface area contributed by atoms with Crippen molar-refractivity contribution in [3.05, 3.63) is 60.2 Å². The van der Waals surface area contributed by atoms with Gasteiger partial charge in [-0.3, -0.25) is 4.79 Å². The smallest absolute Gasteiger partial charge is 0.224 e. The molecule has 4 heteroatoms. The Balaban J connectivity index is 1.37. The van der Waals surface area contributed by atoms with Gasteiger partial charge in [0, 0.05) is 18.7 Å². The van der Waals surface area contributed by atoms with E-state index in [1.807, 2.05) is 24.3 Å². The summed E-state index contributed by atoms with van der Waals surface area (Å²) in [5.74, 6) is 1.39. The van der Waals surface area contributed by atoms with Crippen LogP contribution in [0.5, 0.6) is 5.75 Å². The van der Waals surface area contributed by atoms with Crippen LogP contribution >= 0.6 is 0 Å². The number of anilines is 1. The summed E-state index contributed by atoms with van der Waals surface area (Å²) in [5.41, 5.74) is 2.23. The van der Waals surface area contributed by atoms with Crippen molar-refractivity contribution in [2.75, 3.05) is 32.1 Å². The van der Waals surface area contributed by atoms with Crippen molar-refractivity contribution in [1.82, 2.24) is 4.90 Å². The maximum absolute atomic E-state index is 12.3. The molecule has 0 saturated carbocycles. The fourth-order valence-electron chi connectivity index (χ4n) is 3.49. The van der Waals surface area contributed by atoms with Crippen LogP contribution in [0.15, 0.2) is 54.6 Å². The molecule has 0 unspecified atom stereocenters. The van der Waals surface area contributed by atoms with Gasteiger partial charge in [-0.2, -0.15) is 0 Å². The Kier molecular flexibility index (Phi) is 6.67. The first-order chi connectivity index (χ1) is 12.7. The van der Waals surface area contributed by atoms with Crippen LogP contribution in [0.3, 0.4) is 0 Å². The van der Waals surface area contributed by atoms with Crippen LogP contribution in [0.1, 0.15) is 24.8 Å². The van der Waals surface area contributed by atoms with E-state index in [1.54, 1.807) is 7.11 Å². The molecule has 0 aromatic heterocycles. The van der Waals surface area contributed by atoms with Crippen LogP contribution in [0, 0.1) is 5.92 Å². The van der Waals surface area contributed by atoms with Crippen molar-refractivity contribution in [1.29, 1.82) is 0 Å². The number of nitrogens with zero attached hydrogens (tertiary/aromatic N) is 1. The van der Waals surface area contributed by atoms with Gasteiger partial charge in [-0.15, -0.1) is 0 Å². The molecule has 2 aromatic rings. The molecule has 0 spiro atoms. The third kappa shape index (κ3) is 5.60. The third-order valence-electron chi connectivity index (χ3n) is 5.11. The predicted octanol–water partition coefficient (Wildman–Crippen LogP) is 3.98. The van der Waals surface area contributed by atoms with E-state index in [4.69, 9.17) is 4.74 Å².